The highest BCUT2D eigenvalue weighted by Crippen LogP contribution is 2.39. The number of nitrogens with one attached hydrogen (secondary N) is 2. The van der Waals surface area contributed by atoms with E-state index in [1.165, 1.54) is 32.1 Å². The maximum absolute atomic E-state index is 12.3. The Kier molecular flexibility index (Phi) is 5.37. The molecule has 0 radical (unpaired) electrons. The van der Waals surface area contributed by atoms with Gasteiger partial charge in [0.05, 0.1) is 24.8 Å². The number of hydrogen-bond acceptors (Lipinski definition) is 4. The number of nitrogens with zero attached hydrogens (tertiary/aromatic N) is 1. The first-order chi connectivity index (χ1) is 10.7. The fourth-order valence-electron chi connectivity index (χ4n) is 4.36. The lowest BCUT2D eigenvalue weighted by Crippen LogP contribution is -2.47. The Hall–Kier alpha value is -0.650. The van der Waals surface area contributed by atoms with E-state index >= 15 is 0 Å². The first kappa shape index (κ1) is 16.2. The molecule has 0 bridgehead atoms. The van der Waals surface area contributed by atoms with Crippen LogP contribution < -0.4 is 10.6 Å². The summed E-state index contributed by atoms with van der Waals surface area (Å²) in [6, 6.07) is 0.753. The summed E-state index contributed by atoms with van der Waals surface area (Å²) in [5, 5.41) is 6.57. The lowest BCUT2D eigenvalue weighted by molar-refractivity contribution is -0.123. The molecule has 1 saturated carbocycles. The van der Waals surface area contributed by atoms with Crippen LogP contribution in [0, 0.1) is 0 Å². The number of ether oxygens (including phenoxy) is 1. The molecule has 3 rings (SSSR count). The van der Waals surface area contributed by atoms with Crippen molar-refractivity contribution in [1.82, 2.24) is 15.5 Å². The van der Waals surface area contributed by atoms with Crippen LogP contribution in [0.15, 0.2) is 0 Å². The molecule has 1 atom stereocenters. The highest BCUT2D eigenvalue weighted by molar-refractivity contribution is 5.78. The summed E-state index contributed by atoms with van der Waals surface area (Å²) in [6.07, 6.45) is 9.53. The molecule has 2 aliphatic heterocycles. The average Bonchev–Trinajstić information content (AvgIpc) is 2.90. The molecular formula is C17H31N3O2. The largest absolute Gasteiger partial charge is 0.373 e. The molecular weight excluding hydrogens is 278 g/mol. The molecule has 0 aromatic rings. The van der Waals surface area contributed by atoms with Crippen molar-refractivity contribution >= 4 is 5.91 Å². The van der Waals surface area contributed by atoms with E-state index < -0.39 is 0 Å². The molecule has 2 heterocycles. The number of carbonyl (C=O) groups excluding carboxylic acids is 1. The SMILES string of the molecule is CN(CC(=O)NC1COC2(CCCCC2)C1)C1CCNCC1. The van der Waals surface area contributed by atoms with Crippen LogP contribution in [0.2, 0.25) is 0 Å². The average molecular weight is 309 g/mol. The third kappa shape index (κ3) is 4.00. The first-order valence-electron chi connectivity index (χ1n) is 9.01. The van der Waals surface area contributed by atoms with Crippen molar-refractivity contribution in [3.05, 3.63) is 0 Å². The zero-order valence-electron chi connectivity index (χ0n) is 13.9. The fourth-order valence-corrected chi connectivity index (χ4v) is 4.36. The molecule has 5 heteroatoms. The van der Waals surface area contributed by atoms with Gasteiger partial charge in [-0.3, -0.25) is 9.69 Å². The topological polar surface area (TPSA) is 53.6 Å². The number of piperidine rings is 1. The van der Waals surface area contributed by atoms with E-state index in [0.29, 0.717) is 19.2 Å². The van der Waals surface area contributed by atoms with E-state index in [2.05, 4.69) is 22.6 Å². The molecule has 3 aliphatic rings. The van der Waals surface area contributed by atoms with Crippen LogP contribution in [-0.2, 0) is 9.53 Å². The molecule has 126 valence electrons. The standard InChI is InChI=1S/C17H31N3O2/c1-20(15-5-9-18-10-6-15)12-16(21)19-14-11-17(22-13-14)7-3-2-4-8-17/h14-15,18H,2-13H2,1H3,(H,19,21). The van der Waals surface area contributed by atoms with Gasteiger partial charge in [-0.2, -0.15) is 0 Å². The zero-order chi connectivity index (χ0) is 15.4. The molecule has 2 N–H and O–H groups in total. The van der Waals surface area contributed by atoms with E-state index in [1.54, 1.807) is 0 Å². The van der Waals surface area contributed by atoms with E-state index in [1.807, 2.05) is 0 Å². The Morgan fingerprint density at radius 1 is 1.27 bits per heavy atom. The number of likely N-dealkylation sites (N-methyl/N-ethyl adjacent to an activating group) is 1. The van der Waals surface area contributed by atoms with Gasteiger partial charge in [0.15, 0.2) is 0 Å². The molecule has 0 aromatic carbocycles. The van der Waals surface area contributed by atoms with Crippen molar-refractivity contribution in [3.63, 3.8) is 0 Å². The molecule has 1 unspecified atom stereocenters. The highest BCUT2D eigenvalue weighted by atomic mass is 16.5. The van der Waals surface area contributed by atoms with Crippen LogP contribution in [0.4, 0.5) is 0 Å². The summed E-state index contributed by atoms with van der Waals surface area (Å²) in [5.41, 5.74) is 0.0805. The maximum Gasteiger partial charge on any atom is 0.234 e. The van der Waals surface area contributed by atoms with Crippen LogP contribution in [0.25, 0.3) is 0 Å². The molecule has 22 heavy (non-hydrogen) atoms. The third-order valence-corrected chi connectivity index (χ3v) is 5.66. The highest BCUT2D eigenvalue weighted by Gasteiger charge is 2.41. The Balaban J connectivity index is 1.42. The minimum atomic E-state index is 0.0805. The number of hydrogen-bond donors (Lipinski definition) is 2. The lowest BCUT2D eigenvalue weighted by atomic mass is 9.82. The van der Waals surface area contributed by atoms with Gasteiger partial charge in [-0.15, -0.1) is 0 Å². The number of amides is 1. The van der Waals surface area contributed by atoms with Crippen molar-refractivity contribution in [2.75, 3.05) is 33.3 Å². The maximum atomic E-state index is 12.3. The van der Waals surface area contributed by atoms with Gasteiger partial charge in [0.2, 0.25) is 5.91 Å². The van der Waals surface area contributed by atoms with E-state index in [9.17, 15) is 4.79 Å². The molecule has 1 amide bonds. The Morgan fingerprint density at radius 3 is 2.73 bits per heavy atom. The monoisotopic (exact) mass is 309 g/mol. The lowest BCUT2D eigenvalue weighted by Gasteiger charge is -2.32. The normalized spacial score (nSPS) is 29.1. The summed E-state index contributed by atoms with van der Waals surface area (Å²) in [6.45, 7) is 3.34. The second kappa shape index (κ2) is 7.28. The van der Waals surface area contributed by atoms with Gasteiger partial charge in [0.25, 0.3) is 0 Å². The second-order valence-electron chi connectivity index (χ2n) is 7.42. The molecule has 2 saturated heterocycles. The summed E-state index contributed by atoms with van der Waals surface area (Å²) in [5.74, 6) is 0.155. The molecule has 3 fully saturated rings. The van der Waals surface area contributed by atoms with E-state index in [0.717, 1.165) is 32.4 Å². The molecule has 0 aromatic heterocycles. The van der Waals surface area contributed by atoms with Gasteiger partial charge in [-0.05, 0) is 52.2 Å². The van der Waals surface area contributed by atoms with Crippen molar-refractivity contribution in [1.29, 1.82) is 0 Å². The summed E-state index contributed by atoms with van der Waals surface area (Å²) in [4.78, 5) is 14.5. The van der Waals surface area contributed by atoms with Crippen molar-refractivity contribution < 1.29 is 9.53 Å². The van der Waals surface area contributed by atoms with Crippen molar-refractivity contribution in [3.8, 4) is 0 Å². The van der Waals surface area contributed by atoms with Gasteiger partial charge >= 0.3 is 0 Å². The third-order valence-electron chi connectivity index (χ3n) is 5.66. The van der Waals surface area contributed by atoms with E-state index in [4.69, 9.17) is 4.74 Å². The van der Waals surface area contributed by atoms with Crippen LogP contribution in [0.5, 0.6) is 0 Å². The quantitative estimate of drug-likeness (QED) is 0.821. The zero-order valence-corrected chi connectivity index (χ0v) is 13.9. The predicted molar refractivity (Wildman–Crippen MR) is 86.8 cm³/mol. The Labute approximate surface area is 134 Å². The van der Waals surface area contributed by atoms with Gasteiger partial charge in [0.1, 0.15) is 0 Å². The van der Waals surface area contributed by atoms with Crippen molar-refractivity contribution in [2.45, 2.75) is 69.1 Å². The summed E-state index contributed by atoms with van der Waals surface area (Å²) >= 11 is 0. The minimum Gasteiger partial charge on any atom is -0.373 e. The van der Waals surface area contributed by atoms with Crippen LogP contribution >= 0.6 is 0 Å². The molecule has 5 nitrogen and oxygen atoms in total. The fraction of sp³-hybridized carbons (Fsp3) is 0.941. The van der Waals surface area contributed by atoms with Crippen LogP contribution in [-0.4, -0.2) is 61.8 Å². The number of carbonyl (C=O) groups is 1. The predicted octanol–water partition coefficient (Wildman–Crippen LogP) is 1.28. The van der Waals surface area contributed by atoms with Crippen LogP contribution in [0.3, 0.4) is 0 Å². The smallest absolute Gasteiger partial charge is 0.234 e. The van der Waals surface area contributed by atoms with E-state index in [-0.39, 0.29) is 17.6 Å². The van der Waals surface area contributed by atoms with Gasteiger partial charge in [0, 0.05) is 6.04 Å². The second-order valence-corrected chi connectivity index (χ2v) is 7.42. The number of rotatable bonds is 4. The minimum absolute atomic E-state index is 0.0805. The summed E-state index contributed by atoms with van der Waals surface area (Å²) in [7, 11) is 2.07. The molecule has 1 aliphatic carbocycles. The Bertz CT molecular complexity index is 376. The van der Waals surface area contributed by atoms with Crippen molar-refractivity contribution in [2.24, 2.45) is 0 Å². The van der Waals surface area contributed by atoms with Gasteiger partial charge in [-0.1, -0.05) is 19.3 Å². The molecule has 1 spiro atoms. The van der Waals surface area contributed by atoms with Gasteiger partial charge < -0.3 is 15.4 Å². The van der Waals surface area contributed by atoms with Gasteiger partial charge in [-0.25, -0.2) is 0 Å². The van der Waals surface area contributed by atoms with Crippen LogP contribution in [0.1, 0.15) is 51.4 Å². The first-order valence-corrected chi connectivity index (χ1v) is 9.01. The summed E-state index contributed by atoms with van der Waals surface area (Å²) < 4.78 is 6.08. The Morgan fingerprint density at radius 2 is 2.00 bits per heavy atom.